The van der Waals surface area contributed by atoms with E-state index in [9.17, 15) is 5.11 Å². The Morgan fingerprint density at radius 2 is 1.74 bits per heavy atom. The summed E-state index contributed by atoms with van der Waals surface area (Å²) in [5.41, 5.74) is 2.36. The molecule has 0 amide bonds. The lowest BCUT2D eigenvalue weighted by Gasteiger charge is -2.25. The SMILES string of the molecule is CCCN(Cc1ccccc1)C[C@H](O)COc1ccccc1C. The van der Waals surface area contributed by atoms with Crippen molar-refractivity contribution in [3.8, 4) is 5.75 Å². The standard InChI is InChI=1S/C20H27NO2/c1-3-13-21(14-18-10-5-4-6-11-18)15-19(22)16-23-20-12-8-7-9-17(20)2/h4-12,19,22H,3,13-16H2,1-2H3/t19-/m0/s1. The monoisotopic (exact) mass is 313 g/mol. The summed E-state index contributed by atoms with van der Waals surface area (Å²) in [4.78, 5) is 2.28. The largest absolute Gasteiger partial charge is 0.491 e. The van der Waals surface area contributed by atoms with Crippen molar-refractivity contribution < 1.29 is 9.84 Å². The number of rotatable bonds is 9. The Balaban J connectivity index is 1.85. The van der Waals surface area contributed by atoms with E-state index in [1.54, 1.807) is 0 Å². The molecule has 0 aliphatic rings. The third kappa shape index (κ3) is 6.05. The van der Waals surface area contributed by atoms with E-state index in [1.807, 2.05) is 37.3 Å². The number of hydrogen-bond acceptors (Lipinski definition) is 3. The Morgan fingerprint density at radius 3 is 2.43 bits per heavy atom. The molecule has 0 unspecified atom stereocenters. The Hall–Kier alpha value is -1.84. The molecule has 124 valence electrons. The molecule has 2 rings (SSSR count). The fourth-order valence-electron chi connectivity index (χ4n) is 2.65. The average Bonchev–Trinajstić information content (AvgIpc) is 2.55. The van der Waals surface area contributed by atoms with Crippen LogP contribution in [0.1, 0.15) is 24.5 Å². The smallest absolute Gasteiger partial charge is 0.122 e. The van der Waals surface area contributed by atoms with Gasteiger partial charge in [-0.25, -0.2) is 0 Å². The van der Waals surface area contributed by atoms with Gasteiger partial charge in [-0.3, -0.25) is 4.90 Å². The van der Waals surface area contributed by atoms with Gasteiger partial charge in [0.1, 0.15) is 18.5 Å². The van der Waals surface area contributed by atoms with Gasteiger partial charge in [0, 0.05) is 13.1 Å². The predicted octanol–water partition coefficient (Wildman–Crippen LogP) is 3.65. The fraction of sp³-hybridized carbons (Fsp3) is 0.400. The highest BCUT2D eigenvalue weighted by Gasteiger charge is 2.13. The van der Waals surface area contributed by atoms with Crippen molar-refractivity contribution in [1.82, 2.24) is 4.90 Å². The first-order valence-electron chi connectivity index (χ1n) is 8.31. The van der Waals surface area contributed by atoms with E-state index < -0.39 is 6.10 Å². The van der Waals surface area contributed by atoms with Crippen LogP contribution in [0.5, 0.6) is 5.75 Å². The van der Waals surface area contributed by atoms with E-state index >= 15 is 0 Å². The lowest BCUT2D eigenvalue weighted by atomic mass is 10.2. The van der Waals surface area contributed by atoms with Crippen LogP contribution in [0.2, 0.25) is 0 Å². The minimum Gasteiger partial charge on any atom is -0.491 e. The van der Waals surface area contributed by atoms with Crippen LogP contribution in [0, 0.1) is 6.92 Å². The third-order valence-corrected chi connectivity index (χ3v) is 3.78. The first-order chi connectivity index (χ1) is 11.2. The predicted molar refractivity (Wildman–Crippen MR) is 94.7 cm³/mol. The van der Waals surface area contributed by atoms with Crippen LogP contribution in [-0.4, -0.2) is 35.8 Å². The quantitative estimate of drug-likeness (QED) is 0.767. The maximum atomic E-state index is 10.3. The van der Waals surface area contributed by atoms with Crippen molar-refractivity contribution in [2.24, 2.45) is 0 Å². The van der Waals surface area contributed by atoms with Gasteiger partial charge in [-0.2, -0.15) is 0 Å². The molecule has 0 saturated carbocycles. The van der Waals surface area contributed by atoms with Gasteiger partial charge in [0.2, 0.25) is 0 Å². The summed E-state index contributed by atoms with van der Waals surface area (Å²) in [6.07, 6.45) is 0.572. The van der Waals surface area contributed by atoms with Crippen LogP contribution in [0.15, 0.2) is 54.6 Å². The maximum absolute atomic E-state index is 10.3. The van der Waals surface area contributed by atoms with E-state index in [0.29, 0.717) is 13.2 Å². The third-order valence-electron chi connectivity index (χ3n) is 3.78. The molecule has 2 aromatic rings. The topological polar surface area (TPSA) is 32.7 Å². The molecule has 1 N–H and O–H groups in total. The van der Waals surface area contributed by atoms with Gasteiger partial charge >= 0.3 is 0 Å². The number of benzene rings is 2. The number of aliphatic hydroxyl groups is 1. The average molecular weight is 313 g/mol. The van der Waals surface area contributed by atoms with Gasteiger partial charge in [-0.15, -0.1) is 0 Å². The van der Waals surface area contributed by atoms with Crippen LogP contribution in [-0.2, 0) is 6.54 Å². The second-order valence-corrected chi connectivity index (χ2v) is 5.95. The van der Waals surface area contributed by atoms with Gasteiger partial charge in [-0.05, 0) is 37.1 Å². The fourth-order valence-corrected chi connectivity index (χ4v) is 2.65. The summed E-state index contributed by atoms with van der Waals surface area (Å²) in [5.74, 6) is 0.844. The molecule has 0 bridgehead atoms. The van der Waals surface area contributed by atoms with E-state index in [0.717, 1.165) is 30.8 Å². The summed E-state index contributed by atoms with van der Waals surface area (Å²) < 4.78 is 5.75. The van der Waals surface area contributed by atoms with Crippen LogP contribution in [0.3, 0.4) is 0 Å². The Bertz CT molecular complexity index is 571. The van der Waals surface area contributed by atoms with E-state index in [2.05, 4.69) is 36.1 Å². The van der Waals surface area contributed by atoms with Crippen LogP contribution < -0.4 is 4.74 Å². The molecule has 0 radical (unpaired) electrons. The Kier molecular flexibility index (Phi) is 7.11. The van der Waals surface area contributed by atoms with Crippen molar-refractivity contribution >= 4 is 0 Å². The first kappa shape index (κ1) is 17.5. The van der Waals surface area contributed by atoms with E-state index in [1.165, 1.54) is 5.56 Å². The van der Waals surface area contributed by atoms with Crippen LogP contribution >= 0.6 is 0 Å². The molecule has 0 fully saturated rings. The number of para-hydroxylation sites is 1. The molecule has 0 heterocycles. The lowest BCUT2D eigenvalue weighted by molar-refractivity contribution is 0.0654. The zero-order valence-corrected chi connectivity index (χ0v) is 14.1. The van der Waals surface area contributed by atoms with Crippen molar-refractivity contribution in [3.63, 3.8) is 0 Å². The van der Waals surface area contributed by atoms with E-state index in [-0.39, 0.29) is 0 Å². The molecule has 3 heteroatoms. The molecule has 1 atom stereocenters. The minimum absolute atomic E-state index is 0.319. The van der Waals surface area contributed by atoms with Crippen molar-refractivity contribution in [3.05, 3.63) is 65.7 Å². The highest BCUT2D eigenvalue weighted by Crippen LogP contribution is 2.16. The molecule has 2 aromatic carbocycles. The van der Waals surface area contributed by atoms with Gasteiger partial charge in [0.05, 0.1) is 0 Å². The molecule has 0 aliphatic heterocycles. The summed E-state index contributed by atoms with van der Waals surface area (Å²) in [5, 5.41) is 10.3. The molecular formula is C20H27NO2. The highest BCUT2D eigenvalue weighted by atomic mass is 16.5. The summed E-state index contributed by atoms with van der Waals surface area (Å²) in [7, 11) is 0. The second-order valence-electron chi connectivity index (χ2n) is 5.95. The Labute approximate surface area is 139 Å². The number of aryl methyl sites for hydroxylation is 1. The van der Waals surface area contributed by atoms with Crippen molar-refractivity contribution in [1.29, 1.82) is 0 Å². The maximum Gasteiger partial charge on any atom is 0.122 e. The normalized spacial score (nSPS) is 12.3. The number of nitrogens with zero attached hydrogens (tertiary/aromatic N) is 1. The number of ether oxygens (including phenoxy) is 1. The molecule has 0 spiro atoms. The summed E-state index contributed by atoms with van der Waals surface area (Å²) in [6.45, 7) is 6.94. The molecule has 0 saturated heterocycles. The molecule has 0 aromatic heterocycles. The zero-order chi connectivity index (χ0) is 16.5. The highest BCUT2D eigenvalue weighted by molar-refractivity contribution is 5.31. The van der Waals surface area contributed by atoms with E-state index in [4.69, 9.17) is 4.74 Å². The van der Waals surface area contributed by atoms with Gasteiger partial charge in [-0.1, -0.05) is 55.5 Å². The van der Waals surface area contributed by atoms with Crippen LogP contribution in [0.4, 0.5) is 0 Å². The van der Waals surface area contributed by atoms with Gasteiger partial charge in [0.15, 0.2) is 0 Å². The number of aliphatic hydroxyl groups excluding tert-OH is 1. The summed E-state index contributed by atoms with van der Waals surface area (Å²) in [6, 6.07) is 18.3. The number of hydrogen-bond donors (Lipinski definition) is 1. The molecule has 0 aliphatic carbocycles. The Morgan fingerprint density at radius 1 is 1.04 bits per heavy atom. The molecule has 23 heavy (non-hydrogen) atoms. The lowest BCUT2D eigenvalue weighted by Crippen LogP contribution is -2.35. The molecule has 3 nitrogen and oxygen atoms in total. The second kappa shape index (κ2) is 9.33. The summed E-state index contributed by atoms with van der Waals surface area (Å²) >= 11 is 0. The van der Waals surface area contributed by atoms with Crippen molar-refractivity contribution in [2.75, 3.05) is 19.7 Å². The molecular weight excluding hydrogens is 286 g/mol. The zero-order valence-electron chi connectivity index (χ0n) is 14.1. The minimum atomic E-state index is -0.495. The van der Waals surface area contributed by atoms with Gasteiger partial charge < -0.3 is 9.84 Å². The van der Waals surface area contributed by atoms with Crippen molar-refractivity contribution in [2.45, 2.75) is 32.9 Å². The first-order valence-corrected chi connectivity index (χ1v) is 8.31. The van der Waals surface area contributed by atoms with Crippen LogP contribution in [0.25, 0.3) is 0 Å². The van der Waals surface area contributed by atoms with Gasteiger partial charge in [0.25, 0.3) is 0 Å².